The van der Waals surface area contributed by atoms with Gasteiger partial charge < -0.3 is 0 Å². The van der Waals surface area contributed by atoms with Crippen molar-refractivity contribution in [3.8, 4) is 0 Å². The van der Waals surface area contributed by atoms with Crippen LogP contribution in [-0.4, -0.2) is 24.8 Å². The van der Waals surface area contributed by atoms with Crippen LogP contribution in [0.5, 0.6) is 0 Å². The van der Waals surface area contributed by atoms with E-state index in [-0.39, 0.29) is 11.7 Å². The van der Waals surface area contributed by atoms with Gasteiger partial charge in [0.05, 0.1) is 10.6 Å². The SMILES string of the molecule is O=S1(=O)CC(C(CBr)CBr)c2ccccc21. The molecule has 88 valence electrons. The Morgan fingerprint density at radius 2 is 1.88 bits per heavy atom. The zero-order valence-corrected chi connectivity index (χ0v) is 12.6. The van der Waals surface area contributed by atoms with Gasteiger partial charge in [-0.15, -0.1) is 0 Å². The van der Waals surface area contributed by atoms with Gasteiger partial charge in [-0.1, -0.05) is 50.1 Å². The molecule has 2 rings (SSSR count). The van der Waals surface area contributed by atoms with E-state index in [1.807, 2.05) is 12.1 Å². The Labute approximate surface area is 113 Å². The van der Waals surface area contributed by atoms with Crippen molar-refractivity contribution < 1.29 is 8.42 Å². The van der Waals surface area contributed by atoms with Crippen molar-refractivity contribution in [1.29, 1.82) is 0 Å². The summed E-state index contributed by atoms with van der Waals surface area (Å²) in [5, 5.41) is 1.62. The third kappa shape index (κ3) is 2.09. The van der Waals surface area contributed by atoms with Crippen molar-refractivity contribution in [3.05, 3.63) is 29.8 Å². The summed E-state index contributed by atoms with van der Waals surface area (Å²) in [6.45, 7) is 0. The van der Waals surface area contributed by atoms with Crippen molar-refractivity contribution in [2.24, 2.45) is 5.92 Å². The molecule has 0 saturated carbocycles. The molecular formula is C11H12Br2O2S. The number of sulfone groups is 1. The van der Waals surface area contributed by atoms with Crippen LogP contribution in [0, 0.1) is 5.92 Å². The van der Waals surface area contributed by atoms with E-state index in [2.05, 4.69) is 31.9 Å². The van der Waals surface area contributed by atoms with Gasteiger partial charge in [0.2, 0.25) is 0 Å². The van der Waals surface area contributed by atoms with Crippen molar-refractivity contribution in [2.75, 3.05) is 16.4 Å². The first-order valence-electron chi connectivity index (χ1n) is 5.03. The van der Waals surface area contributed by atoms with Gasteiger partial charge in [0, 0.05) is 16.6 Å². The number of hydrogen-bond donors (Lipinski definition) is 0. The zero-order valence-electron chi connectivity index (χ0n) is 8.57. The van der Waals surface area contributed by atoms with Gasteiger partial charge in [-0.2, -0.15) is 0 Å². The van der Waals surface area contributed by atoms with Crippen molar-refractivity contribution in [2.45, 2.75) is 10.8 Å². The topological polar surface area (TPSA) is 34.1 Å². The van der Waals surface area contributed by atoms with E-state index in [4.69, 9.17) is 0 Å². The molecule has 0 amide bonds. The van der Waals surface area contributed by atoms with Crippen LogP contribution in [0.15, 0.2) is 29.2 Å². The summed E-state index contributed by atoms with van der Waals surface area (Å²) >= 11 is 6.90. The molecule has 0 radical (unpaired) electrons. The summed E-state index contributed by atoms with van der Waals surface area (Å²) in [6.07, 6.45) is 0. The Morgan fingerprint density at radius 3 is 2.50 bits per heavy atom. The smallest absolute Gasteiger partial charge is 0.179 e. The van der Waals surface area contributed by atoms with Crippen molar-refractivity contribution >= 4 is 41.7 Å². The van der Waals surface area contributed by atoms with Crippen LogP contribution in [0.1, 0.15) is 11.5 Å². The minimum atomic E-state index is -3.06. The fraction of sp³-hybridized carbons (Fsp3) is 0.455. The third-order valence-corrected chi connectivity index (χ3v) is 6.52. The summed E-state index contributed by atoms with van der Waals surface area (Å²) in [5.41, 5.74) is 0.978. The molecule has 0 saturated heterocycles. The molecule has 2 nitrogen and oxygen atoms in total. The Hall–Kier alpha value is 0.130. The van der Waals surface area contributed by atoms with E-state index in [0.29, 0.717) is 10.8 Å². The first kappa shape index (κ1) is 12.6. The zero-order chi connectivity index (χ0) is 11.8. The molecule has 1 aromatic rings. The second-order valence-corrected chi connectivity index (χ2v) is 7.29. The lowest BCUT2D eigenvalue weighted by atomic mass is 9.90. The van der Waals surface area contributed by atoms with Gasteiger partial charge in [-0.3, -0.25) is 0 Å². The molecule has 0 spiro atoms. The fourth-order valence-electron chi connectivity index (χ4n) is 2.13. The average molecular weight is 368 g/mol. The van der Waals surface area contributed by atoms with Crippen LogP contribution in [0.3, 0.4) is 0 Å². The maximum absolute atomic E-state index is 12.0. The highest BCUT2D eigenvalue weighted by Gasteiger charge is 2.37. The highest BCUT2D eigenvalue weighted by Crippen LogP contribution is 2.40. The molecule has 1 atom stereocenters. The standard InChI is InChI=1S/C11H12Br2O2S/c12-5-8(6-13)10-7-16(14,15)11-4-2-1-3-9(10)11/h1-4,8,10H,5-7H2. The summed E-state index contributed by atoms with van der Waals surface area (Å²) in [7, 11) is -3.06. The van der Waals surface area contributed by atoms with E-state index in [1.165, 1.54) is 0 Å². The summed E-state index contributed by atoms with van der Waals surface area (Å²) in [5.74, 6) is 0.673. The monoisotopic (exact) mass is 366 g/mol. The Bertz CT molecular complexity index is 481. The number of alkyl halides is 2. The normalized spacial score (nSPS) is 22.3. The van der Waals surface area contributed by atoms with E-state index >= 15 is 0 Å². The minimum absolute atomic E-state index is 0.111. The molecule has 1 aromatic carbocycles. The van der Waals surface area contributed by atoms with E-state index in [0.717, 1.165) is 16.2 Å². The van der Waals surface area contributed by atoms with E-state index in [9.17, 15) is 8.42 Å². The summed E-state index contributed by atoms with van der Waals surface area (Å²) < 4.78 is 23.9. The third-order valence-electron chi connectivity index (χ3n) is 3.02. The molecule has 5 heteroatoms. The largest absolute Gasteiger partial charge is 0.224 e. The first-order chi connectivity index (χ1) is 7.60. The van der Waals surface area contributed by atoms with Crippen molar-refractivity contribution in [3.63, 3.8) is 0 Å². The lowest BCUT2D eigenvalue weighted by Gasteiger charge is -2.18. The van der Waals surface area contributed by atoms with Gasteiger partial charge >= 0.3 is 0 Å². The van der Waals surface area contributed by atoms with Crippen LogP contribution in [-0.2, 0) is 9.84 Å². The minimum Gasteiger partial charge on any atom is -0.224 e. The maximum atomic E-state index is 12.0. The Kier molecular flexibility index (Phi) is 3.76. The van der Waals surface area contributed by atoms with E-state index < -0.39 is 9.84 Å². The summed E-state index contributed by atoms with van der Waals surface area (Å²) in [4.78, 5) is 0.520. The number of fused-ring (bicyclic) bond motifs is 1. The van der Waals surface area contributed by atoms with Crippen LogP contribution < -0.4 is 0 Å². The second-order valence-electron chi connectivity index (χ2n) is 3.99. The lowest BCUT2D eigenvalue weighted by Crippen LogP contribution is -2.17. The molecule has 1 unspecified atom stereocenters. The molecule has 0 fully saturated rings. The molecule has 0 aromatic heterocycles. The molecule has 0 bridgehead atoms. The van der Waals surface area contributed by atoms with Crippen LogP contribution >= 0.6 is 31.9 Å². The average Bonchev–Trinajstić information content (AvgIpc) is 2.54. The van der Waals surface area contributed by atoms with Gasteiger partial charge in [-0.25, -0.2) is 8.42 Å². The molecule has 1 aliphatic rings. The van der Waals surface area contributed by atoms with Gasteiger partial charge in [0.15, 0.2) is 9.84 Å². The van der Waals surface area contributed by atoms with Gasteiger partial charge in [0.25, 0.3) is 0 Å². The molecular weight excluding hydrogens is 356 g/mol. The molecule has 0 N–H and O–H groups in total. The summed E-state index contributed by atoms with van der Waals surface area (Å²) in [6, 6.07) is 7.34. The predicted octanol–water partition coefficient (Wildman–Crippen LogP) is 2.96. The molecule has 1 aliphatic heterocycles. The maximum Gasteiger partial charge on any atom is 0.179 e. The predicted molar refractivity (Wildman–Crippen MR) is 72.3 cm³/mol. The van der Waals surface area contributed by atoms with Gasteiger partial charge in [-0.05, 0) is 17.5 Å². The fourth-order valence-corrected chi connectivity index (χ4v) is 6.08. The van der Waals surface area contributed by atoms with Gasteiger partial charge in [0.1, 0.15) is 0 Å². The lowest BCUT2D eigenvalue weighted by molar-refractivity contribution is 0.555. The number of rotatable bonds is 3. The molecule has 1 heterocycles. The second kappa shape index (κ2) is 4.78. The molecule has 16 heavy (non-hydrogen) atoms. The van der Waals surface area contributed by atoms with Crippen LogP contribution in [0.2, 0.25) is 0 Å². The van der Waals surface area contributed by atoms with Crippen LogP contribution in [0.4, 0.5) is 0 Å². The van der Waals surface area contributed by atoms with Crippen molar-refractivity contribution in [1.82, 2.24) is 0 Å². The van der Waals surface area contributed by atoms with Crippen LogP contribution in [0.25, 0.3) is 0 Å². The highest BCUT2D eigenvalue weighted by atomic mass is 79.9. The number of hydrogen-bond acceptors (Lipinski definition) is 2. The Balaban J connectivity index is 2.48. The highest BCUT2D eigenvalue weighted by molar-refractivity contribution is 9.09. The molecule has 0 aliphatic carbocycles. The Morgan fingerprint density at radius 1 is 1.25 bits per heavy atom. The van der Waals surface area contributed by atoms with E-state index in [1.54, 1.807) is 12.1 Å². The first-order valence-corrected chi connectivity index (χ1v) is 8.93. The number of benzene rings is 1. The number of halogens is 2. The quantitative estimate of drug-likeness (QED) is 0.769.